The molecule has 2 atom stereocenters. The van der Waals surface area contributed by atoms with Crippen LogP contribution < -0.4 is 0 Å². The molecular weight excluding hydrogens is 271 g/mol. The lowest BCUT2D eigenvalue weighted by Crippen LogP contribution is -2.02. The molecule has 0 radical (unpaired) electrons. The monoisotopic (exact) mass is 292 g/mol. The van der Waals surface area contributed by atoms with Gasteiger partial charge in [0.2, 0.25) is 0 Å². The Morgan fingerprint density at radius 1 is 1.23 bits per heavy atom. The summed E-state index contributed by atoms with van der Waals surface area (Å²) in [5.74, 6) is 1.30. The Balaban J connectivity index is 3.76. The van der Waals surface area contributed by atoms with Crippen LogP contribution in [-0.4, -0.2) is 4.43 Å². The SMILES string of the molecule is C=C(C)[C@@H](C)CCC(=C)[C@@H](C)CI. The van der Waals surface area contributed by atoms with E-state index in [2.05, 4.69) is 56.5 Å². The average molecular weight is 292 g/mol. The molecule has 0 aliphatic carbocycles. The summed E-state index contributed by atoms with van der Waals surface area (Å²) in [5, 5.41) is 0. The van der Waals surface area contributed by atoms with Gasteiger partial charge in [-0.05, 0) is 31.6 Å². The topological polar surface area (TPSA) is 0 Å². The van der Waals surface area contributed by atoms with Crippen LogP contribution in [0.5, 0.6) is 0 Å². The van der Waals surface area contributed by atoms with Gasteiger partial charge in [-0.25, -0.2) is 0 Å². The van der Waals surface area contributed by atoms with Crippen LogP contribution in [0.15, 0.2) is 24.3 Å². The van der Waals surface area contributed by atoms with Crippen LogP contribution in [0, 0.1) is 11.8 Å². The standard InChI is InChI=1S/C12H21I/c1-9(2)10(3)6-7-11(4)12(5)8-13/h10,12H,1,4,6-8H2,2-3,5H3/t10-,12-/m0/s1. The van der Waals surface area contributed by atoms with Gasteiger partial charge in [0.25, 0.3) is 0 Å². The minimum atomic E-state index is 0.637. The summed E-state index contributed by atoms with van der Waals surface area (Å²) >= 11 is 2.42. The first-order valence-corrected chi connectivity index (χ1v) is 6.40. The Bertz CT molecular complexity index is 182. The second-order valence-corrected chi connectivity index (χ2v) is 4.88. The Morgan fingerprint density at radius 3 is 2.15 bits per heavy atom. The van der Waals surface area contributed by atoms with Gasteiger partial charge >= 0.3 is 0 Å². The molecule has 1 heteroatoms. The molecule has 0 N–H and O–H groups in total. The smallest absolute Gasteiger partial charge is 0.00582 e. The van der Waals surface area contributed by atoms with Crippen LogP contribution in [0.3, 0.4) is 0 Å². The molecule has 0 spiro atoms. The minimum absolute atomic E-state index is 0.637. The summed E-state index contributed by atoms with van der Waals surface area (Å²) in [5.41, 5.74) is 2.68. The van der Waals surface area contributed by atoms with Gasteiger partial charge < -0.3 is 0 Å². The van der Waals surface area contributed by atoms with Crippen LogP contribution in [0.25, 0.3) is 0 Å². The molecule has 0 fully saturated rings. The number of alkyl halides is 1. The predicted molar refractivity (Wildman–Crippen MR) is 70.4 cm³/mol. The van der Waals surface area contributed by atoms with Crippen molar-refractivity contribution in [2.75, 3.05) is 4.43 Å². The van der Waals surface area contributed by atoms with E-state index in [0.29, 0.717) is 11.8 Å². The highest BCUT2D eigenvalue weighted by atomic mass is 127. The first-order chi connectivity index (χ1) is 5.99. The van der Waals surface area contributed by atoms with E-state index in [-0.39, 0.29) is 0 Å². The highest BCUT2D eigenvalue weighted by Crippen LogP contribution is 2.22. The van der Waals surface area contributed by atoms with Crippen molar-refractivity contribution in [1.29, 1.82) is 0 Å². The van der Waals surface area contributed by atoms with Crippen molar-refractivity contribution >= 4 is 22.6 Å². The predicted octanol–water partition coefficient (Wildman–Crippen LogP) is 4.61. The first-order valence-electron chi connectivity index (χ1n) is 4.88. The van der Waals surface area contributed by atoms with Crippen LogP contribution in [-0.2, 0) is 0 Å². The van der Waals surface area contributed by atoms with Crippen molar-refractivity contribution in [2.45, 2.75) is 33.6 Å². The third-order valence-corrected chi connectivity index (χ3v) is 3.99. The number of rotatable bonds is 6. The van der Waals surface area contributed by atoms with E-state index in [0.717, 1.165) is 6.42 Å². The molecule has 0 amide bonds. The number of allylic oxidation sites excluding steroid dienone is 2. The third-order valence-electron chi connectivity index (χ3n) is 2.67. The van der Waals surface area contributed by atoms with E-state index in [1.165, 1.54) is 22.0 Å². The molecule has 0 aliphatic heterocycles. The highest BCUT2D eigenvalue weighted by Gasteiger charge is 2.07. The molecule has 0 aromatic carbocycles. The average Bonchev–Trinajstić information content (AvgIpc) is 2.11. The van der Waals surface area contributed by atoms with Crippen LogP contribution in [0.4, 0.5) is 0 Å². The normalized spacial score (nSPS) is 15.1. The fourth-order valence-corrected chi connectivity index (χ4v) is 1.63. The maximum atomic E-state index is 4.12. The fourth-order valence-electron chi connectivity index (χ4n) is 1.00. The summed E-state index contributed by atoms with van der Waals surface area (Å²) < 4.78 is 1.18. The summed E-state index contributed by atoms with van der Waals surface area (Å²) in [6.45, 7) is 14.7. The zero-order valence-electron chi connectivity index (χ0n) is 9.07. The second kappa shape index (κ2) is 6.63. The van der Waals surface area contributed by atoms with Crippen molar-refractivity contribution in [3.8, 4) is 0 Å². The zero-order chi connectivity index (χ0) is 10.4. The van der Waals surface area contributed by atoms with Crippen molar-refractivity contribution in [3.63, 3.8) is 0 Å². The first kappa shape index (κ1) is 13.2. The molecule has 0 aliphatic rings. The van der Waals surface area contributed by atoms with E-state index in [1.54, 1.807) is 0 Å². The van der Waals surface area contributed by atoms with Gasteiger partial charge in [-0.15, -0.1) is 0 Å². The Morgan fingerprint density at radius 2 is 1.77 bits per heavy atom. The molecule has 0 rings (SSSR count). The molecule has 0 saturated heterocycles. The van der Waals surface area contributed by atoms with Crippen LogP contribution in [0.1, 0.15) is 33.6 Å². The number of hydrogen-bond donors (Lipinski definition) is 0. The van der Waals surface area contributed by atoms with Crippen LogP contribution >= 0.6 is 22.6 Å². The van der Waals surface area contributed by atoms with Gasteiger partial charge in [-0.3, -0.25) is 0 Å². The molecule has 0 nitrogen and oxygen atoms in total. The lowest BCUT2D eigenvalue weighted by atomic mass is 9.92. The maximum Gasteiger partial charge on any atom is 0.00582 e. The van der Waals surface area contributed by atoms with Crippen molar-refractivity contribution in [3.05, 3.63) is 24.3 Å². The Hall–Kier alpha value is 0.210. The summed E-state index contributed by atoms with van der Waals surface area (Å²) in [6, 6.07) is 0. The van der Waals surface area contributed by atoms with Gasteiger partial charge in [0.1, 0.15) is 0 Å². The van der Waals surface area contributed by atoms with Gasteiger partial charge in [-0.1, -0.05) is 60.7 Å². The summed E-state index contributed by atoms with van der Waals surface area (Å²) in [7, 11) is 0. The number of hydrogen-bond acceptors (Lipinski definition) is 0. The van der Waals surface area contributed by atoms with Gasteiger partial charge in [0.05, 0.1) is 0 Å². The summed E-state index contributed by atoms with van der Waals surface area (Å²) in [4.78, 5) is 0. The maximum absolute atomic E-state index is 4.12. The largest absolute Gasteiger partial charge is 0.0999 e. The van der Waals surface area contributed by atoms with Crippen molar-refractivity contribution in [1.82, 2.24) is 0 Å². The van der Waals surface area contributed by atoms with E-state index in [9.17, 15) is 0 Å². The lowest BCUT2D eigenvalue weighted by Gasteiger charge is -2.15. The molecule has 0 bridgehead atoms. The molecular formula is C12H21I. The highest BCUT2D eigenvalue weighted by molar-refractivity contribution is 14.1. The van der Waals surface area contributed by atoms with Crippen LogP contribution in [0.2, 0.25) is 0 Å². The number of halogens is 1. The third kappa shape index (κ3) is 5.50. The molecule has 76 valence electrons. The van der Waals surface area contributed by atoms with Crippen molar-refractivity contribution < 1.29 is 0 Å². The molecule has 0 aromatic heterocycles. The molecule has 0 aromatic rings. The van der Waals surface area contributed by atoms with E-state index >= 15 is 0 Å². The molecule has 0 heterocycles. The molecule has 0 unspecified atom stereocenters. The quantitative estimate of drug-likeness (QED) is 0.381. The molecule has 13 heavy (non-hydrogen) atoms. The van der Waals surface area contributed by atoms with Gasteiger partial charge in [0, 0.05) is 4.43 Å². The van der Waals surface area contributed by atoms with E-state index in [1.807, 2.05) is 0 Å². The Kier molecular flexibility index (Phi) is 6.74. The van der Waals surface area contributed by atoms with Gasteiger partial charge in [0.15, 0.2) is 0 Å². The minimum Gasteiger partial charge on any atom is -0.0999 e. The van der Waals surface area contributed by atoms with Crippen molar-refractivity contribution in [2.24, 2.45) is 11.8 Å². The second-order valence-electron chi connectivity index (χ2n) is 4.00. The van der Waals surface area contributed by atoms with Gasteiger partial charge in [-0.2, -0.15) is 0 Å². The lowest BCUT2D eigenvalue weighted by molar-refractivity contribution is 0.587. The molecule has 0 saturated carbocycles. The van der Waals surface area contributed by atoms with E-state index in [4.69, 9.17) is 0 Å². The summed E-state index contributed by atoms with van der Waals surface area (Å²) in [6.07, 6.45) is 2.35. The fraction of sp³-hybridized carbons (Fsp3) is 0.667. The van der Waals surface area contributed by atoms with E-state index < -0.39 is 0 Å². The Labute approximate surface area is 96.6 Å². The zero-order valence-corrected chi connectivity index (χ0v) is 11.2.